The van der Waals surface area contributed by atoms with Crippen LogP contribution in [0.25, 0.3) is 27.6 Å². The number of carbonyl (C=O) groups excluding carboxylic acids is 1. The molecular weight excluding hydrogens is 511 g/mol. The molecule has 4 aromatic rings. The molecule has 0 bridgehead atoms. The number of aromatic nitrogens is 1. The van der Waals surface area contributed by atoms with Gasteiger partial charge in [-0.15, -0.1) is 0 Å². The van der Waals surface area contributed by atoms with Crippen molar-refractivity contribution < 1.29 is 19.4 Å². The van der Waals surface area contributed by atoms with Crippen molar-refractivity contribution in [1.82, 2.24) is 4.98 Å². The van der Waals surface area contributed by atoms with Crippen LogP contribution in [0.3, 0.4) is 0 Å². The predicted molar refractivity (Wildman–Crippen MR) is 147 cm³/mol. The van der Waals surface area contributed by atoms with Gasteiger partial charge in [-0.1, -0.05) is 61.3 Å². The molecule has 0 spiro atoms. The Balaban J connectivity index is 1.63. The lowest BCUT2D eigenvalue weighted by atomic mass is 9.97. The number of carbonyl (C=O) groups is 2. The Hall–Kier alpha value is -3.87. The van der Waals surface area contributed by atoms with Crippen molar-refractivity contribution in [2.75, 3.05) is 6.61 Å². The minimum Gasteiger partial charge on any atom is -0.489 e. The first-order valence-electron chi connectivity index (χ1n) is 11.5. The number of ketones is 1. The largest absolute Gasteiger partial charge is 0.489 e. The maximum Gasteiger partial charge on any atom is 0.337 e. The third kappa shape index (κ3) is 5.77. The molecule has 8 heteroatoms. The summed E-state index contributed by atoms with van der Waals surface area (Å²) in [4.78, 5) is 28.3. The van der Waals surface area contributed by atoms with Gasteiger partial charge in [0.2, 0.25) is 0 Å². The second-order valence-electron chi connectivity index (χ2n) is 8.79. The summed E-state index contributed by atoms with van der Waals surface area (Å²) in [6, 6.07) is 17.9. The molecule has 0 aliphatic rings. The zero-order valence-corrected chi connectivity index (χ0v) is 21.7. The SMILES string of the molecule is CC(C)C(=O)/C(COc1ccc2cc(-c3cncc(C(=O)O)c3)ccc2c1)=C(\N)c1c(Cl)cccc1Cl. The van der Waals surface area contributed by atoms with Crippen LogP contribution in [0.15, 0.2) is 78.6 Å². The van der Waals surface area contributed by atoms with Crippen molar-refractivity contribution >= 4 is 51.4 Å². The van der Waals surface area contributed by atoms with E-state index in [1.165, 1.54) is 6.20 Å². The molecule has 1 aromatic heterocycles. The Morgan fingerprint density at radius 2 is 1.62 bits per heavy atom. The monoisotopic (exact) mass is 534 g/mol. The van der Waals surface area contributed by atoms with Crippen molar-refractivity contribution in [3.05, 3.63) is 99.8 Å². The summed E-state index contributed by atoms with van der Waals surface area (Å²) >= 11 is 12.7. The van der Waals surface area contributed by atoms with Crippen molar-refractivity contribution in [1.29, 1.82) is 0 Å². The molecule has 1 heterocycles. The summed E-state index contributed by atoms with van der Waals surface area (Å²) in [5, 5.41) is 11.8. The van der Waals surface area contributed by atoms with E-state index in [1.807, 2.05) is 30.3 Å². The summed E-state index contributed by atoms with van der Waals surface area (Å²) < 4.78 is 6.01. The number of pyridine rings is 1. The normalized spacial score (nSPS) is 11.9. The molecule has 0 aliphatic carbocycles. The number of carboxylic acid groups (broad SMARTS) is 1. The molecule has 0 fully saturated rings. The van der Waals surface area contributed by atoms with Crippen LogP contribution >= 0.6 is 23.2 Å². The fourth-order valence-electron chi connectivity index (χ4n) is 3.90. The van der Waals surface area contributed by atoms with Gasteiger partial charge in [-0.05, 0) is 52.7 Å². The lowest BCUT2D eigenvalue weighted by Gasteiger charge is -2.16. The van der Waals surface area contributed by atoms with E-state index >= 15 is 0 Å². The number of carboxylic acids is 1. The highest BCUT2D eigenvalue weighted by Gasteiger charge is 2.22. The molecule has 0 amide bonds. The molecule has 0 aliphatic heterocycles. The maximum absolute atomic E-state index is 13.0. The average molecular weight is 535 g/mol. The molecule has 3 aromatic carbocycles. The van der Waals surface area contributed by atoms with E-state index in [0.29, 0.717) is 32.5 Å². The third-order valence-electron chi connectivity index (χ3n) is 5.89. The van der Waals surface area contributed by atoms with Gasteiger partial charge in [-0.25, -0.2) is 4.79 Å². The summed E-state index contributed by atoms with van der Waals surface area (Å²) in [6.45, 7) is 3.53. The van der Waals surface area contributed by atoms with E-state index in [9.17, 15) is 14.7 Å². The van der Waals surface area contributed by atoms with Gasteiger partial charge in [-0.2, -0.15) is 0 Å². The van der Waals surface area contributed by atoms with Crippen LogP contribution in [0.2, 0.25) is 10.0 Å². The van der Waals surface area contributed by atoms with Gasteiger partial charge in [-0.3, -0.25) is 9.78 Å². The minimum atomic E-state index is -1.03. The van der Waals surface area contributed by atoms with Gasteiger partial charge in [0, 0.05) is 29.4 Å². The molecule has 0 saturated heterocycles. The van der Waals surface area contributed by atoms with Crippen LogP contribution < -0.4 is 10.5 Å². The molecule has 0 atom stereocenters. The first kappa shape index (κ1) is 26.2. The molecule has 6 nitrogen and oxygen atoms in total. The van der Waals surface area contributed by atoms with E-state index in [4.69, 9.17) is 33.7 Å². The Kier molecular flexibility index (Phi) is 7.81. The zero-order chi connectivity index (χ0) is 26.7. The number of nitrogens with zero attached hydrogens (tertiary/aromatic N) is 1. The molecule has 4 rings (SSSR count). The number of halogens is 2. The minimum absolute atomic E-state index is 0.0539. The summed E-state index contributed by atoms with van der Waals surface area (Å²) in [5.41, 5.74) is 8.97. The molecule has 0 unspecified atom stereocenters. The van der Waals surface area contributed by atoms with Crippen LogP contribution in [0, 0.1) is 5.92 Å². The van der Waals surface area contributed by atoms with Gasteiger partial charge in [0.1, 0.15) is 12.4 Å². The van der Waals surface area contributed by atoms with Crippen LogP contribution in [-0.4, -0.2) is 28.4 Å². The number of aromatic carboxylic acids is 1. The van der Waals surface area contributed by atoms with E-state index in [1.54, 1.807) is 50.4 Å². The highest BCUT2D eigenvalue weighted by Crippen LogP contribution is 2.32. The molecule has 188 valence electrons. The van der Waals surface area contributed by atoms with Gasteiger partial charge in [0.15, 0.2) is 5.78 Å². The third-order valence-corrected chi connectivity index (χ3v) is 6.52. The van der Waals surface area contributed by atoms with E-state index in [-0.39, 0.29) is 29.6 Å². The Bertz CT molecular complexity index is 1530. The average Bonchev–Trinajstić information content (AvgIpc) is 2.88. The lowest BCUT2D eigenvalue weighted by molar-refractivity contribution is -0.118. The summed E-state index contributed by atoms with van der Waals surface area (Å²) in [6.07, 6.45) is 2.94. The quantitative estimate of drug-likeness (QED) is 0.239. The first-order valence-corrected chi connectivity index (χ1v) is 12.2. The van der Waals surface area contributed by atoms with Crippen LogP contribution in [-0.2, 0) is 4.79 Å². The van der Waals surface area contributed by atoms with Gasteiger partial charge in [0.05, 0.1) is 26.9 Å². The molecule has 0 saturated carbocycles. The molecule has 37 heavy (non-hydrogen) atoms. The number of nitrogens with two attached hydrogens (primary N) is 1. The van der Waals surface area contributed by atoms with E-state index < -0.39 is 5.97 Å². The second kappa shape index (κ2) is 11.0. The van der Waals surface area contributed by atoms with Gasteiger partial charge in [0.25, 0.3) is 0 Å². The number of fused-ring (bicyclic) bond motifs is 1. The Morgan fingerprint density at radius 3 is 2.30 bits per heavy atom. The number of hydrogen-bond acceptors (Lipinski definition) is 5. The number of hydrogen-bond donors (Lipinski definition) is 2. The smallest absolute Gasteiger partial charge is 0.337 e. The zero-order valence-electron chi connectivity index (χ0n) is 20.2. The van der Waals surface area contributed by atoms with Crippen LogP contribution in [0.5, 0.6) is 5.75 Å². The number of Topliss-reactive ketones (excluding diaryl/α,β-unsaturated/α-hetero) is 1. The topological polar surface area (TPSA) is 103 Å². The molecule has 0 radical (unpaired) electrons. The summed E-state index contributed by atoms with van der Waals surface area (Å²) in [5.74, 6) is -0.931. The van der Waals surface area contributed by atoms with Gasteiger partial charge < -0.3 is 15.6 Å². The van der Waals surface area contributed by atoms with Crippen molar-refractivity contribution in [2.24, 2.45) is 11.7 Å². The fourth-order valence-corrected chi connectivity index (χ4v) is 4.50. The number of rotatable bonds is 8. The fraction of sp³-hybridized carbons (Fsp3) is 0.138. The lowest BCUT2D eigenvalue weighted by Crippen LogP contribution is -2.21. The first-order chi connectivity index (χ1) is 17.7. The van der Waals surface area contributed by atoms with Crippen molar-refractivity contribution in [3.8, 4) is 16.9 Å². The molecular formula is C29H24Cl2N2O4. The predicted octanol–water partition coefficient (Wildman–Crippen LogP) is 6.88. The van der Waals surface area contributed by atoms with Crippen LogP contribution in [0.4, 0.5) is 0 Å². The van der Waals surface area contributed by atoms with Crippen molar-refractivity contribution in [3.63, 3.8) is 0 Å². The number of benzene rings is 3. The molecule has 3 N–H and O–H groups in total. The van der Waals surface area contributed by atoms with Crippen molar-refractivity contribution in [2.45, 2.75) is 13.8 Å². The van der Waals surface area contributed by atoms with Crippen LogP contribution in [0.1, 0.15) is 29.8 Å². The van der Waals surface area contributed by atoms with E-state index in [0.717, 1.165) is 16.3 Å². The van der Waals surface area contributed by atoms with Gasteiger partial charge >= 0.3 is 5.97 Å². The number of ether oxygens (including phenoxy) is 1. The highest BCUT2D eigenvalue weighted by atomic mass is 35.5. The Morgan fingerprint density at radius 1 is 0.946 bits per heavy atom. The Labute approximate surface area is 224 Å². The second-order valence-corrected chi connectivity index (χ2v) is 9.60. The highest BCUT2D eigenvalue weighted by molar-refractivity contribution is 6.37. The summed E-state index contributed by atoms with van der Waals surface area (Å²) in [7, 11) is 0. The maximum atomic E-state index is 13.0. The van der Waals surface area contributed by atoms with E-state index in [2.05, 4.69) is 4.98 Å². The standard InChI is InChI=1S/C29H24Cl2N2O4/c1-16(2)28(34)23(27(32)26-24(30)4-3-5-25(26)31)15-37-22-9-8-17-10-18(6-7-19(17)12-22)20-11-21(29(35)36)14-33-13-20/h3-14,16H,15,32H2,1-2H3,(H,35,36)/b27-23-.